The second-order valence-corrected chi connectivity index (χ2v) is 8.03. The van der Waals surface area contributed by atoms with E-state index in [4.69, 9.17) is 9.47 Å². The number of rotatable bonds is 8. The van der Waals surface area contributed by atoms with E-state index in [1.54, 1.807) is 7.11 Å². The summed E-state index contributed by atoms with van der Waals surface area (Å²) in [7, 11) is 3.76. The molecule has 3 rings (SSSR count). The van der Waals surface area contributed by atoms with Crippen molar-refractivity contribution >= 4 is 6.09 Å². The molecule has 0 atom stereocenters. The quantitative estimate of drug-likeness (QED) is 0.698. The maximum absolute atomic E-state index is 12.3. The monoisotopic (exact) mass is 375 g/mol. The van der Waals surface area contributed by atoms with Crippen molar-refractivity contribution < 1.29 is 14.3 Å². The van der Waals surface area contributed by atoms with Gasteiger partial charge in [-0.15, -0.1) is 0 Å². The summed E-state index contributed by atoms with van der Waals surface area (Å²) in [5.41, 5.74) is 2.36. The number of piperidine rings is 1. The molecule has 2 heterocycles. The SMILES string of the molecule is COCCN(C)CCN1CC2(CCN(Cc3ccc(C)cc3)CC2)OC1=O. The van der Waals surface area contributed by atoms with E-state index in [1.807, 2.05) is 4.90 Å². The van der Waals surface area contributed by atoms with E-state index in [1.165, 1.54) is 11.1 Å². The maximum atomic E-state index is 12.3. The molecule has 1 aromatic rings. The molecule has 2 aliphatic rings. The first-order valence-electron chi connectivity index (χ1n) is 9.93. The molecule has 0 radical (unpaired) electrons. The molecule has 150 valence electrons. The minimum absolute atomic E-state index is 0.151. The Hall–Kier alpha value is -1.63. The van der Waals surface area contributed by atoms with E-state index >= 15 is 0 Å². The van der Waals surface area contributed by atoms with E-state index in [-0.39, 0.29) is 11.7 Å². The third-order valence-corrected chi connectivity index (χ3v) is 5.76. The summed E-state index contributed by atoms with van der Waals surface area (Å²) in [5, 5.41) is 0. The summed E-state index contributed by atoms with van der Waals surface area (Å²) in [6.45, 7) is 8.90. The number of nitrogens with zero attached hydrogens (tertiary/aromatic N) is 3. The van der Waals surface area contributed by atoms with Crippen molar-refractivity contribution in [3.8, 4) is 0 Å². The van der Waals surface area contributed by atoms with Gasteiger partial charge in [0.15, 0.2) is 0 Å². The molecule has 2 aliphatic heterocycles. The number of likely N-dealkylation sites (N-methyl/N-ethyl adjacent to an activating group) is 1. The van der Waals surface area contributed by atoms with Crippen LogP contribution in [0.1, 0.15) is 24.0 Å². The summed E-state index contributed by atoms with van der Waals surface area (Å²) >= 11 is 0. The van der Waals surface area contributed by atoms with Crippen molar-refractivity contribution in [3.63, 3.8) is 0 Å². The lowest BCUT2D eigenvalue weighted by Gasteiger charge is -2.37. The summed E-state index contributed by atoms with van der Waals surface area (Å²) in [5.74, 6) is 0. The van der Waals surface area contributed by atoms with Crippen LogP contribution in [0.4, 0.5) is 4.79 Å². The number of amides is 1. The largest absolute Gasteiger partial charge is 0.441 e. The first-order chi connectivity index (χ1) is 13.0. The van der Waals surface area contributed by atoms with Gasteiger partial charge < -0.3 is 19.3 Å². The highest BCUT2D eigenvalue weighted by Crippen LogP contribution is 2.33. The Kier molecular flexibility index (Phi) is 6.73. The Balaban J connectivity index is 1.45. The van der Waals surface area contributed by atoms with E-state index in [0.29, 0.717) is 13.2 Å². The highest BCUT2D eigenvalue weighted by molar-refractivity contribution is 5.70. The Bertz CT molecular complexity index is 612. The fourth-order valence-corrected chi connectivity index (χ4v) is 3.85. The van der Waals surface area contributed by atoms with Gasteiger partial charge in [0.25, 0.3) is 0 Å². The number of aryl methyl sites for hydroxylation is 1. The fourth-order valence-electron chi connectivity index (χ4n) is 3.85. The van der Waals surface area contributed by atoms with Gasteiger partial charge in [0.1, 0.15) is 5.60 Å². The Morgan fingerprint density at radius 1 is 1.19 bits per heavy atom. The van der Waals surface area contributed by atoms with Crippen LogP contribution < -0.4 is 0 Å². The molecule has 1 amide bonds. The van der Waals surface area contributed by atoms with Gasteiger partial charge in [-0.3, -0.25) is 4.90 Å². The van der Waals surface area contributed by atoms with Gasteiger partial charge in [0.05, 0.1) is 13.2 Å². The summed E-state index contributed by atoms with van der Waals surface area (Å²) in [6, 6.07) is 8.75. The Morgan fingerprint density at radius 3 is 2.56 bits per heavy atom. The van der Waals surface area contributed by atoms with Crippen LogP contribution >= 0.6 is 0 Å². The minimum atomic E-state index is -0.286. The number of benzene rings is 1. The molecule has 1 spiro atoms. The van der Waals surface area contributed by atoms with Crippen molar-refractivity contribution in [1.82, 2.24) is 14.7 Å². The van der Waals surface area contributed by atoms with E-state index in [2.05, 4.69) is 48.0 Å². The van der Waals surface area contributed by atoms with Crippen LogP contribution in [0.3, 0.4) is 0 Å². The molecule has 6 nitrogen and oxygen atoms in total. The van der Waals surface area contributed by atoms with Gasteiger partial charge in [-0.1, -0.05) is 29.8 Å². The van der Waals surface area contributed by atoms with Crippen LogP contribution in [0.2, 0.25) is 0 Å². The molecular weight excluding hydrogens is 342 g/mol. The molecule has 0 saturated carbocycles. The number of likely N-dealkylation sites (tertiary alicyclic amines) is 1. The van der Waals surface area contributed by atoms with Gasteiger partial charge in [-0.2, -0.15) is 0 Å². The number of hydrogen-bond donors (Lipinski definition) is 0. The van der Waals surface area contributed by atoms with E-state index in [0.717, 1.165) is 52.1 Å². The zero-order valence-corrected chi connectivity index (χ0v) is 16.9. The number of ether oxygens (including phenoxy) is 2. The second-order valence-electron chi connectivity index (χ2n) is 8.03. The minimum Gasteiger partial charge on any atom is -0.441 e. The second kappa shape index (κ2) is 9.04. The first kappa shape index (κ1) is 20.1. The van der Waals surface area contributed by atoms with Crippen LogP contribution in [-0.4, -0.2) is 86.4 Å². The predicted molar refractivity (Wildman–Crippen MR) is 106 cm³/mol. The van der Waals surface area contributed by atoms with E-state index in [9.17, 15) is 4.79 Å². The van der Waals surface area contributed by atoms with Crippen molar-refractivity contribution in [3.05, 3.63) is 35.4 Å². The summed E-state index contributed by atoms with van der Waals surface area (Å²) in [6.07, 6.45) is 1.68. The molecule has 0 aromatic heterocycles. The van der Waals surface area contributed by atoms with Gasteiger partial charge in [0.2, 0.25) is 0 Å². The smallest absolute Gasteiger partial charge is 0.410 e. The van der Waals surface area contributed by atoms with E-state index < -0.39 is 0 Å². The lowest BCUT2D eigenvalue weighted by atomic mass is 9.91. The predicted octanol–water partition coefficient (Wildman–Crippen LogP) is 2.36. The van der Waals surface area contributed by atoms with Crippen molar-refractivity contribution in [1.29, 1.82) is 0 Å². The summed E-state index contributed by atoms with van der Waals surface area (Å²) < 4.78 is 10.9. The average Bonchev–Trinajstić information content (AvgIpc) is 2.97. The zero-order valence-electron chi connectivity index (χ0n) is 16.9. The number of hydrogen-bond acceptors (Lipinski definition) is 5. The summed E-state index contributed by atoms with van der Waals surface area (Å²) in [4.78, 5) is 18.8. The first-order valence-corrected chi connectivity index (χ1v) is 9.93. The average molecular weight is 376 g/mol. The Labute approximate surface area is 163 Å². The molecule has 6 heteroatoms. The molecule has 0 bridgehead atoms. The lowest BCUT2D eigenvalue weighted by Crippen LogP contribution is -2.47. The van der Waals surface area contributed by atoms with Gasteiger partial charge in [-0.25, -0.2) is 4.79 Å². The van der Waals surface area contributed by atoms with Crippen molar-refractivity contribution in [2.45, 2.75) is 31.9 Å². The Morgan fingerprint density at radius 2 is 1.89 bits per heavy atom. The highest BCUT2D eigenvalue weighted by atomic mass is 16.6. The van der Waals surface area contributed by atoms with Crippen LogP contribution in [-0.2, 0) is 16.0 Å². The van der Waals surface area contributed by atoms with Gasteiger partial charge in [0, 0.05) is 59.2 Å². The van der Waals surface area contributed by atoms with Gasteiger partial charge >= 0.3 is 6.09 Å². The fraction of sp³-hybridized carbons (Fsp3) is 0.667. The number of carbonyl (C=O) groups is 1. The van der Waals surface area contributed by atoms with Crippen LogP contribution in [0.15, 0.2) is 24.3 Å². The molecular formula is C21H33N3O3. The normalized spacial score (nSPS) is 19.9. The number of methoxy groups -OCH3 is 1. The highest BCUT2D eigenvalue weighted by Gasteiger charge is 2.46. The molecule has 27 heavy (non-hydrogen) atoms. The molecule has 0 unspecified atom stereocenters. The van der Waals surface area contributed by atoms with Gasteiger partial charge in [-0.05, 0) is 19.5 Å². The number of carbonyl (C=O) groups excluding carboxylic acids is 1. The standard InChI is InChI=1S/C21H33N3O3/c1-18-4-6-19(7-5-18)16-23-10-8-21(9-11-23)17-24(20(25)27-21)13-12-22(2)14-15-26-3/h4-7H,8-17H2,1-3H3. The maximum Gasteiger partial charge on any atom is 0.410 e. The molecule has 0 aliphatic carbocycles. The third-order valence-electron chi connectivity index (χ3n) is 5.76. The zero-order chi connectivity index (χ0) is 19.3. The van der Waals surface area contributed by atoms with Crippen LogP contribution in [0.5, 0.6) is 0 Å². The molecule has 0 N–H and O–H groups in total. The third kappa shape index (κ3) is 5.43. The molecule has 2 saturated heterocycles. The molecule has 1 aromatic carbocycles. The van der Waals surface area contributed by atoms with Crippen LogP contribution in [0.25, 0.3) is 0 Å². The topological polar surface area (TPSA) is 45.2 Å². The van der Waals surface area contributed by atoms with Crippen molar-refractivity contribution in [2.75, 3.05) is 60.0 Å². The molecule has 2 fully saturated rings. The van der Waals surface area contributed by atoms with Crippen molar-refractivity contribution in [2.24, 2.45) is 0 Å². The lowest BCUT2D eigenvalue weighted by molar-refractivity contribution is -0.00125. The van der Waals surface area contributed by atoms with Crippen LogP contribution in [0, 0.1) is 6.92 Å².